The van der Waals surface area contributed by atoms with Crippen LogP contribution in [0.15, 0.2) is 0 Å². The molecular weight excluding hydrogens is 172 g/mol. The van der Waals surface area contributed by atoms with Gasteiger partial charge in [-0.15, -0.1) is 0 Å². The lowest BCUT2D eigenvalue weighted by Crippen LogP contribution is -2.26. The largest absolute Gasteiger partial charge is 0.299 e. The number of hydrogen-bond acceptors (Lipinski definition) is 1. The van der Waals surface area contributed by atoms with Crippen molar-refractivity contribution in [2.45, 2.75) is 59.8 Å². The quantitative estimate of drug-likeness (QED) is 0.670. The van der Waals surface area contributed by atoms with E-state index in [4.69, 9.17) is 0 Å². The third kappa shape index (κ3) is 3.43. The minimum atomic E-state index is 0.380. The standard InChI is InChI=1S/C13H24O/c1-10(2)9-12(14)11-5-7-13(3,4)8-6-11/h10-11H,5-9H2,1-4H3. The summed E-state index contributed by atoms with van der Waals surface area (Å²) in [6.45, 7) is 8.89. The van der Waals surface area contributed by atoms with Gasteiger partial charge < -0.3 is 0 Å². The zero-order valence-corrected chi connectivity index (χ0v) is 10.1. The average Bonchev–Trinajstić information content (AvgIpc) is 2.02. The molecule has 0 bridgehead atoms. The van der Waals surface area contributed by atoms with Gasteiger partial charge in [-0.25, -0.2) is 0 Å². The van der Waals surface area contributed by atoms with Gasteiger partial charge in [-0.2, -0.15) is 0 Å². The number of carbonyl (C=O) groups excluding carboxylic acids is 1. The third-order valence-electron chi connectivity index (χ3n) is 3.40. The van der Waals surface area contributed by atoms with Crippen molar-refractivity contribution in [1.29, 1.82) is 0 Å². The molecule has 1 nitrogen and oxygen atoms in total. The normalized spacial score (nSPS) is 22.6. The zero-order valence-electron chi connectivity index (χ0n) is 10.1. The van der Waals surface area contributed by atoms with Crippen LogP contribution in [0.25, 0.3) is 0 Å². The van der Waals surface area contributed by atoms with Crippen LogP contribution >= 0.6 is 0 Å². The Balaban J connectivity index is 2.38. The number of rotatable bonds is 3. The van der Waals surface area contributed by atoms with Crippen molar-refractivity contribution in [3.63, 3.8) is 0 Å². The number of carbonyl (C=O) groups is 1. The van der Waals surface area contributed by atoms with Crippen LogP contribution in [0.4, 0.5) is 0 Å². The molecule has 0 saturated heterocycles. The second-order valence-corrected chi connectivity index (χ2v) is 6.00. The summed E-state index contributed by atoms with van der Waals surface area (Å²) in [5, 5.41) is 0. The fourth-order valence-corrected chi connectivity index (χ4v) is 2.29. The van der Waals surface area contributed by atoms with Crippen LogP contribution in [0, 0.1) is 17.3 Å². The van der Waals surface area contributed by atoms with Gasteiger partial charge in [-0.1, -0.05) is 27.7 Å². The number of ketones is 1. The minimum absolute atomic E-state index is 0.380. The lowest BCUT2D eigenvalue weighted by Gasteiger charge is -2.33. The summed E-state index contributed by atoms with van der Waals surface area (Å²) < 4.78 is 0. The van der Waals surface area contributed by atoms with Gasteiger partial charge in [0, 0.05) is 12.3 Å². The first kappa shape index (κ1) is 11.7. The molecule has 0 aliphatic heterocycles. The summed E-state index contributed by atoms with van der Waals surface area (Å²) in [6.07, 6.45) is 5.48. The molecule has 0 aromatic heterocycles. The molecule has 0 spiro atoms. The maximum Gasteiger partial charge on any atom is 0.136 e. The summed E-state index contributed by atoms with van der Waals surface area (Å²) in [5.74, 6) is 1.42. The second kappa shape index (κ2) is 4.46. The molecule has 0 aromatic rings. The topological polar surface area (TPSA) is 17.1 Å². The van der Waals surface area contributed by atoms with Crippen molar-refractivity contribution in [2.75, 3.05) is 0 Å². The molecule has 1 heteroatoms. The highest BCUT2D eigenvalue weighted by atomic mass is 16.1. The van der Waals surface area contributed by atoms with Gasteiger partial charge in [0.05, 0.1) is 0 Å². The first-order valence-corrected chi connectivity index (χ1v) is 5.93. The first-order chi connectivity index (χ1) is 6.41. The Kier molecular flexibility index (Phi) is 3.74. The molecule has 82 valence electrons. The molecule has 1 saturated carbocycles. The SMILES string of the molecule is CC(C)CC(=O)C1CCC(C)(C)CC1. The highest BCUT2D eigenvalue weighted by Gasteiger charge is 2.30. The fourth-order valence-electron chi connectivity index (χ4n) is 2.29. The average molecular weight is 196 g/mol. The highest BCUT2D eigenvalue weighted by molar-refractivity contribution is 5.81. The summed E-state index contributed by atoms with van der Waals surface area (Å²) in [5.41, 5.74) is 0.481. The van der Waals surface area contributed by atoms with Gasteiger partial charge in [0.25, 0.3) is 0 Å². The lowest BCUT2D eigenvalue weighted by atomic mass is 9.71. The van der Waals surface area contributed by atoms with Crippen molar-refractivity contribution in [1.82, 2.24) is 0 Å². The molecule has 0 amide bonds. The van der Waals surface area contributed by atoms with Crippen molar-refractivity contribution in [2.24, 2.45) is 17.3 Å². The van der Waals surface area contributed by atoms with E-state index in [1.165, 1.54) is 12.8 Å². The lowest BCUT2D eigenvalue weighted by molar-refractivity contribution is -0.125. The highest BCUT2D eigenvalue weighted by Crippen LogP contribution is 2.38. The van der Waals surface area contributed by atoms with E-state index < -0.39 is 0 Å². The molecular formula is C13H24O. The van der Waals surface area contributed by atoms with E-state index in [-0.39, 0.29) is 0 Å². The summed E-state index contributed by atoms with van der Waals surface area (Å²) >= 11 is 0. The number of Topliss-reactive ketones (excluding diaryl/α,β-unsaturated/α-hetero) is 1. The van der Waals surface area contributed by atoms with Crippen LogP contribution in [0.5, 0.6) is 0 Å². The minimum Gasteiger partial charge on any atom is -0.299 e. The van der Waals surface area contributed by atoms with Gasteiger partial charge in [0.15, 0.2) is 0 Å². The monoisotopic (exact) mass is 196 g/mol. The van der Waals surface area contributed by atoms with Gasteiger partial charge in [-0.05, 0) is 37.0 Å². The Morgan fingerprint density at radius 2 is 1.79 bits per heavy atom. The molecule has 0 heterocycles. The predicted octanol–water partition coefficient (Wildman–Crippen LogP) is 3.82. The predicted molar refractivity (Wildman–Crippen MR) is 60.2 cm³/mol. The molecule has 1 rings (SSSR count). The summed E-state index contributed by atoms with van der Waals surface area (Å²) in [7, 11) is 0. The van der Waals surface area contributed by atoms with Gasteiger partial charge in [-0.3, -0.25) is 4.79 Å². The second-order valence-electron chi connectivity index (χ2n) is 6.00. The van der Waals surface area contributed by atoms with Crippen LogP contribution in [0.2, 0.25) is 0 Å². The van der Waals surface area contributed by atoms with Crippen LogP contribution in [0.1, 0.15) is 59.8 Å². The van der Waals surface area contributed by atoms with E-state index in [9.17, 15) is 4.79 Å². The van der Waals surface area contributed by atoms with E-state index >= 15 is 0 Å². The fraction of sp³-hybridized carbons (Fsp3) is 0.923. The van der Waals surface area contributed by atoms with Gasteiger partial charge in [0.1, 0.15) is 5.78 Å². The molecule has 1 fully saturated rings. The Morgan fingerprint density at radius 1 is 1.29 bits per heavy atom. The Bertz CT molecular complexity index is 193. The van der Waals surface area contributed by atoms with E-state index in [2.05, 4.69) is 27.7 Å². The molecule has 0 N–H and O–H groups in total. The maximum absolute atomic E-state index is 11.8. The van der Waals surface area contributed by atoms with Crippen LogP contribution < -0.4 is 0 Å². The molecule has 1 aliphatic rings. The van der Waals surface area contributed by atoms with E-state index in [0.717, 1.165) is 19.3 Å². The molecule has 0 unspecified atom stereocenters. The Labute approximate surface area is 88.3 Å². The van der Waals surface area contributed by atoms with E-state index in [0.29, 0.717) is 23.0 Å². The van der Waals surface area contributed by atoms with Crippen molar-refractivity contribution in [3.05, 3.63) is 0 Å². The smallest absolute Gasteiger partial charge is 0.136 e. The van der Waals surface area contributed by atoms with E-state index in [1.807, 2.05) is 0 Å². The molecule has 14 heavy (non-hydrogen) atoms. The van der Waals surface area contributed by atoms with Crippen LogP contribution in [-0.4, -0.2) is 5.78 Å². The van der Waals surface area contributed by atoms with Crippen molar-refractivity contribution < 1.29 is 4.79 Å². The van der Waals surface area contributed by atoms with E-state index in [1.54, 1.807) is 0 Å². The Hall–Kier alpha value is -0.330. The summed E-state index contributed by atoms with van der Waals surface area (Å²) in [4.78, 5) is 11.8. The Morgan fingerprint density at radius 3 is 2.21 bits per heavy atom. The zero-order chi connectivity index (χ0) is 10.8. The maximum atomic E-state index is 11.8. The van der Waals surface area contributed by atoms with Gasteiger partial charge in [0.2, 0.25) is 0 Å². The molecule has 0 aromatic carbocycles. The summed E-state index contributed by atoms with van der Waals surface area (Å²) in [6, 6.07) is 0. The van der Waals surface area contributed by atoms with Crippen LogP contribution in [-0.2, 0) is 4.79 Å². The van der Waals surface area contributed by atoms with Gasteiger partial charge >= 0.3 is 0 Å². The van der Waals surface area contributed by atoms with Crippen molar-refractivity contribution in [3.8, 4) is 0 Å². The van der Waals surface area contributed by atoms with Crippen LogP contribution in [0.3, 0.4) is 0 Å². The molecule has 0 radical (unpaired) electrons. The first-order valence-electron chi connectivity index (χ1n) is 5.93. The number of hydrogen-bond donors (Lipinski definition) is 0. The third-order valence-corrected chi connectivity index (χ3v) is 3.40. The molecule has 0 atom stereocenters. The molecule has 1 aliphatic carbocycles. The van der Waals surface area contributed by atoms with Crippen molar-refractivity contribution >= 4 is 5.78 Å².